The van der Waals surface area contributed by atoms with Crippen molar-refractivity contribution in [1.29, 1.82) is 0 Å². The molecule has 2 bridgehead atoms. The summed E-state index contributed by atoms with van der Waals surface area (Å²) in [5.41, 5.74) is -0.416. The lowest BCUT2D eigenvalue weighted by molar-refractivity contribution is -0.162. The fourth-order valence-electron chi connectivity index (χ4n) is 2.71. The summed E-state index contributed by atoms with van der Waals surface area (Å²) in [6, 6.07) is 0. The molecule has 5 atom stereocenters. The number of hydrogen-bond donors (Lipinski definition) is 0. The van der Waals surface area contributed by atoms with Crippen molar-refractivity contribution in [3.8, 4) is 0 Å². The monoisotopic (exact) mass is 284 g/mol. The number of carbonyl (C=O) groups is 1. The minimum atomic E-state index is -0.416. The second-order valence-electron chi connectivity index (χ2n) is 6.69. The summed E-state index contributed by atoms with van der Waals surface area (Å²) >= 11 is 0. The molecule has 0 aromatic heterocycles. The van der Waals surface area contributed by atoms with Gasteiger partial charge in [0.25, 0.3) is 0 Å². The van der Waals surface area contributed by atoms with Crippen LogP contribution >= 0.6 is 0 Å². The summed E-state index contributed by atoms with van der Waals surface area (Å²) in [7, 11) is 0. The Morgan fingerprint density at radius 1 is 1.25 bits per heavy atom. The van der Waals surface area contributed by atoms with Gasteiger partial charge in [0.1, 0.15) is 12.2 Å². The minimum Gasteiger partial charge on any atom is -0.459 e. The topological polar surface area (TPSA) is 57.3 Å². The third-order valence-electron chi connectivity index (χ3n) is 4.70. The molecule has 20 heavy (non-hydrogen) atoms. The average Bonchev–Trinajstić information content (AvgIpc) is 3.06. The summed E-state index contributed by atoms with van der Waals surface area (Å²) in [6.07, 6.45) is 2.75. The number of rotatable bonds is 6. The molecule has 3 aliphatic rings. The van der Waals surface area contributed by atoms with Gasteiger partial charge in [-0.3, -0.25) is 4.79 Å². The van der Waals surface area contributed by atoms with Crippen molar-refractivity contribution in [2.24, 2.45) is 5.41 Å². The van der Waals surface area contributed by atoms with Crippen LogP contribution < -0.4 is 0 Å². The van der Waals surface area contributed by atoms with Crippen LogP contribution in [0.3, 0.4) is 0 Å². The molecule has 3 rings (SSSR count). The molecule has 5 nitrogen and oxygen atoms in total. The number of esters is 1. The van der Waals surface area contributed by atoms with Gasteiger partial charge in [0.05, 0.1) is 36.9 Å². The summed E-state index contributed by atoms with van der Waals surface area (Å²) in [5.74, 6) is -0.120. The van der Waals surface area contributed by atoms with Gasteiger partial charge in [-0.25, -0.2) is 0 Å². The molecule has 0 radical (unpaired) electrons. The van der Waals surface area contributed by atoms with Crippen LogP contribution in [0.2, 0.25) is 0 Å². The van der Waals surface area contributed by atoms with Crippen LogP contribution in [0.5, 0.6) is 0 Å². The quantitative estimate of drug-likeness (QED) is 0.548. The first kappa shape index (κ1) is 14.3. The molecule has 5 unspecified atom stereocenters. The van der Waals surface area contributed by atoms with Gasteiger partial charge in [0.15, 0.2) is 0 Å². The average molecular weight is 284 g/mol. The first-order chi connectivity index (χ1) is 9.49. The molecule has 0 spiro atoms. The van der Waals surface area contributed by atoms with Gasteiger partial charge >= 0.3 is 5.97 Å². The highest BCUT2D eigenvalue weighted by atomic mass is 16.6. The lowest BCUT2D eigenvalue weighted by atomic mass is 9.90. The first-order valence-corrected chi connectivity index (χ1v) is 7.59. The molecule has 0 aliphatic carbocycles. The second kappa shape index (κ2) is 5.28. The molecule has 3 fully saturated rings. The van der Waals surface area contributed by atoms with Crippen LogP contribution in [0.1, 0.15) is 40.0 Å². The molecule has 3 aliphatic heterocycles. The van der Waals surface area contributed by atoms with E-state index >= 15 is 0 Å². The summed E-state index contributed by atoms with van der Waals surface area (Å²) in [5, 5.41) is 0. The Kier molecular flexibility index (Phi) is 3.77. The first-order valence-electron chi connectivity index (χ1n) is 7.59. The fourth-order valence-corrected chi connectivity index (χ4v) is 2.71. The van der Waals surface area contributed by atoms with Crippen LogP contribution in [0.25, 0.3) is 0 Å². The highest BCUT2D eigenvalue weighted by Crippen LogP contribution is 2.39. The van der Waals surface area contributed by atoms with Crippen molar-refractivity contribution in [2.75, 3.05) is 13.2 Å². The third-order valence-corrected chi connectivity index (χ3v) is 4.70. The van der Waals surface area contributed by atoms with Crippen molar-refractivity contribution in [2.45, 2.75) is 70.6 Å². The molecule has 0 saturated carbocycles. The number of carbonyl (C=O) groups excluding carboxylic acids is 1. The Labute approximate surface area is 119 Å². The molecule has 5 heteroatoms. The number of hydrogen-bond acceptors (Lipinski definition) is 5. The minimum absolute atomic E-state index is 0.00160. The van der Waals surface area contributed by atoms with E-state index in [1.54, 1.807) is 0 Å². The standard InChI is InChI=1S/C15H24O5/c1-4-15(2,3)14(16)20-13-6-11-10(5-12(13)19-11)18-8-9-7-17-9/h9-13H,4-8H2,1-3H3. The van der Waals surface area contributed by atoms with E-state index < -0.39 is 5.41 Å². The number of fused-ring (bicyclic) bond motifs is 2. The van der Waals surface area contributed by atoms with Gasteiger partial charge in [-0.2, -0.15) is 0 Å². The van der Waals surface area contributed by atoms with Gasteiger partial charge in [0, 0.05) is 12.8 Å². The predicted molar refractivity (Wildman–Crippen MR) is 71.3 cm³/mol. The van der Waals surface area contributed by atoms with Crippen molar-refractivity contribution in [1.82, 2.24) is 0 Å². The lowest BCUT2D eigenvalue weighted by Gasteiger charge is -2.28. The van der Waals surface area contributed by atoms with E-state index in [9.17, 15) is 4.79 Å². The SMILES string of the molecule is CCC(C)(C)C(=O)OC1CC2OC1CC2OCC1CO1. The highest BCUT2D eigenvalue weighted by molar-refractivity contribution is 5.76. The lowest BCUT2D eigenvalue weighted by Crippen LogP contribution is -2.38. The largest absolute Gasteiger partial charge is 0.459 e. The molecular formula is C15H24O5. The maximum absolute atomic E-state index is 12.1. The zero-order valence-electron chi connectivity index (χ0n) is 12.5. The zero-order chi connectivity index (χ0) is 14.3. The van der Waals surface area contributed by atoms with Crippen molar-refractivity contribution in [3.63, 3.8) is 0 Å². The molecule has 114 valence electrons. The van der Waals surface area contributed by atoms with Crippen LogP contribution in [0, 0.1) is 5.41 Å². The van der Waals surface area contributed by atoms with E-state index in [2.05, 4.69) is 0 Å². The smallest absolute Gasteiger partial charge is 0.311 e. The van der Waals surface area contributed by atoms with E-state index in [-0.39, 0.29) is 36.5 Å². The Bertz CT molecular complexity index is 376. The Morgan fingerprint density at radius 2 is 1.90 bits per heavy atom. The summed E-state index contributed by atoms with van der Waals surface area (Å²) in [6.45, 7) is 7.32. The summed E-state index contributed by atoms with van der Waals surface area (Å²) < 4.78 is 22.4. The maximum Gasteiger partial charge on any atom is 0.311 e. The van der Waals surface area contributed by atoms with Gasteiger partial charge in [0.2, 0.25) is 0 Å². The van der Waals surface area contributed by atoms with Crippen LogP contribution in [0.15, 0.2) is 0 Å². The van der Waals surface area contributed by atoms with E-state index in [0.717, 1.165) is 25.9 Å². The predicted octanol–water partition coefficient (Wildman–Crippen LogP) is 1.68. The molecule has 0 aromatic rings. The van der Waals surface area contributed by atoms with E-state index in [0.29, 0.717) is 6.61 Å². The third kappa shape index (κ3) is 2.85. The van der Waals surface area contributed by atoms with Crippen LogP contribution in [-0.2, 0) is 23.7 Å². The Balaban J connectivity index is 1.47. The molecule has 0 amide bonds. The van der Waals surface area contributed by atoms with Crippen LogP contribution in [0.4, 0.5) is 0 Å². The van der Waals surface area contributed by atoms with Crippen molar-refractivity contribution < 1.29 is 23.7 Å². The van der Waals surface area contributed by atoms with Crippen molar-refractivity contribution in [3.05, 3.63) is 0 Å². The van der Waals surface area contributed by atoms with E-state index in [1.165, 1.54) is 0 Å². The Morgan fingerprint density at radius 3 is 2.45 bits per heavy atom. The molecule has 0 aromatic carbocycles. The summed E-state index contributed by atoms with van der Waals surface area (Å²) in [4.78, 5) is 12.1. The molecule has 0 N–H and O–H groups in total. The van der Waals surface area contributed by atoms with Gasteiger partial charge in [-0.1, -0.05) is 6.92 Å². The second-order valence-corrected chi connectivity index (χ2v) is 6.69. The maximum atomic E-state index is 12.1. The Hall–Kier alpha value is -0.650. The highest BCUT2D eigenvalue weighted by Gasteiger charge is 2.50. The van der Waals surface area contributed by atoms with Gasteiger partial charge in [-0.15, -0.1) is 0 Å². The van der Waals surface area contributed by atoms with Gasteiger partial charge in [-0.05, 0) is 20.3 Å². The van der Waals surface area contributed by atoms with Crippen molar-refractivity contribution >= 4 is 5.97 Å². The normalized spacial score (nSPS) is 39.0. The van der Waals surface area contributed by atoms with E-state index in [1.807, 2.05) is 20.8 Å². The van der Waals surface area contributed by atoms with E-state index in [4.69, 9.17) is 18.9 Å². The molecule has 3 saturated heterocycles. The molecule has 3 heterocycles. The number of epoxide rings is 1. The van der Waals surface area contributed by atoms with Gasteiger partial charge < -0.3 is 18.9 Å². The van der Waals surface area contributed by atoms with Crippen LogP contribution in [-0.4, -0.2) is 49.7 Å². The fraction of sp³-hybridized carbons (Fsp3) is 0.933. The number of ether oxygens (including phenoxy) is 4. The zero-order valence-corrected chi connectivity index (χ0v) is 12.5. The molecular weight excluding hydrogens is 260 g/mol.